The Balaban J connectivity index is 2.32. The zero-order valence-corrected chi connectivity index (χ0v) is 13.5. The summed E-state index contributed by atoms with van der Waals surface area (Å²) >= 11 is 0. The molecule has 0 aliphatic carbocycles. The van der Waals surface area contributed by atoms with Crippen molar-refractivity contribution in [2.75, 3.05) is 0 Å². The molecule has 2 atom stereocenters. The van der Waals surface area contributed by atoms with Crippen LogP contribution in [0, 0.1) is 6.92 Å². The van der Waals surface area contributed by atoms with E-state index in [1.54, 1.807) is 43.3 Å². The third kappa shape index (κ3) is 3.94. The molecular weight excluding hydrogens is 300 g/mol. The molecule has 0 saturated carbocycles. The summed E-state index contributed by atoms with van der Waals surface area (Å²) in [5, 5.41) is 10.1. The molecule has 0 aliphatic rings. The quantitative estimate of drug-likeness (QED) is 0.830. The second kappa shape index (κ2) is 7.05. The van der Waals surface area contributed by atoms with Crippen molar-refractivity contribution in [1.82, 2.24) is 0 Å². The zero-order valence-electron chi connectivity index (χ0n) is 12.6. The van der Waals surface area contributed by atoms with Crippen LogP contribution in [0.5, 0.6) is 0 Å². The molecule has 2 aromatic carbocycles. The van der Waals surface area contributed by atoms with Gasteiger partial charge in [0.05, 0.1) is 11.0 Å². The summed E-state index contributed by atoms with van der Waals surface area (Å²) in [6.07, 6.45) is -1.43. The number of aliphatic hydroxyl groups excluding tert-OH is 1. The van der Waals surface area contributed by atoms with Crippen LogP contribution in [0.1, 0.15) is 30.6 Å². The lowest BCUT2D eigenvalue weighted by Gasteiger charge is -2.22. The van der Waals surface area contributed by atoms with Crippen molar-refractivity contribution in [3.63, 3.8) is 0 Å². The summed E-state index contributed by atoms with van der Waals surface area (Å²) in [6.45, 7) is 3.66. The van der Waals surface area contributed by atoms with Crippen molar-refractivity contribution < 1.29 is 17.7 Å². The Hall–Kier alpha value is -1.69. The summed E-state index contributed by atoms with van der Waals surface area (Å²) in [5.74, 6) is 0. The standard InChI is InChI=1S/C17H20O4S/c1-3-16(18)17(14-7-5-4-6-8-14)21-22(19,20)15-11-9-13(2)10-12-15/h4-12,16-18H,3H2,1-2H3. The Kier molecular flexibility index (Phi) is 5.34. The molecule has 22 heavy (non-hydrogen) atoms. The van der Waals surface area contributed by atoms with Crippen LogP contribution in [-0.4, -0.2) is 19.6 Å². The number of aliphatic hydroxyl groups is 1. The fraction of sp³-hybridized carbons (Fsp3) is 0.294. The number of hydrogen-bond donors (Lipinski definition) is 1. The first-order valence-corrected chi connectivity index (χ1v) is 8.58. The predicted molar refractivity (Wildman–Crippen MR) is 84.9 cm³/mol. The van der Waals surface area contributed by atoms with Crippen LogP contribution >= 0.6 is 0 Å². The number of rotatable bonds is 6. The van der Waals surface area contributed by atoms with Crippen LogP contribution in [0.15, 0.2) is 59.5 Å². The first-order chi connectivity index (χ1) is 10.4. The van der Waals surface area contributed by atoms with Crippen molar-refractivity contribution >= 4 is 10.1 Å². The molecule has 0 aliphatic heterocycles. The highest BCUT2D eigenvalue weighted by Gasteiger charge is 2.28. The first kappa shape index (κ1) is 16.7. The van der Waals surface area contributed by atoms with Crippen LogP contribution in [0.3, 0.4) is 0 Å². The van der Waals surface area contributed by atoms with Crippen LogP contribution in [0.2, 0.25) is 0 Å². The molecular formula is C17H20O4S. The van der Waals surface area contributed by atoms with Crippen molar-refractivity contribution in [2.45, 2.75) is 37.4 Å². The largest absolute Gasteiger partial charge is 0.390 e. The van der Waals surface area contributed by atoms with E-state index in [2.05, 4.69) is 0 Å². The van der Waals surface area contributed by atoms with E-state index in [1.807, 2.05) is 13.0 Å². The minimum absolute atomic E-state index is 0.0855. The lowest BCUT2D eigenvalue weighted by molar-refractivity contribution is 0.0371. The molecule has 4 nitrogen and oxygen atoms in total. The number of benzene rings is 2. The monoisotopic (exact) mass is 320 g/mol. The maximum atomic E-state index is 12.4. The van der Waals surface area contributed by atoms with Gasteiger partial charge in [-0.1, -0.05) is 55.0 Å². The van der Waals surface area contributed by atoms with E-state index in [-0.39, 0.29) is 4.90 Å². The molecule has 0 bridgehead atoms. The maximum Gasteiger partial charge on any atom is 0.297 e. The van der Waals surface area contributed by atoms with E-state index in [0.29, 0.717) is 12.0 Å². The molecule has 5 heteroatoms. The molecule has 2 unspecified atom stereocenters. The molecule has 0 radical (unpaired) electrons. The Morgan fingerprint density at radius 1 is 1.05 bits per heavy atom. The Morgan fingerprint density at radius 3 is 2.18 bits per heavy atom. The average Bonchev–Trinajstić information content (AvgIpc) is 2.53. The van der Waals surface area contributed by atoms with E-state index < -0.39 is 22.3 Å². The van der Waals surface area contributed by atoms with Gasteiger partial charge in [0.25, 0.3) is 10.1 Å². The van der Waals surface area contributed by atoms with Crippen LogP contribution in [0.25, 0.3) is 0 Å². The topological polar surface area (TPSA) is 63.6 Å². The van der Waals surface area contributed by atoms with Crippen molar-refractivity contribution in [2.24, 2.45) is 0 Å². The zero-order chi connectivity index (χ0) is 16.2. The highest BCUT2D eigenvalue weighted by Crippen LogP contribution is 2.28. The maximum absolute atomic E-state index is 12.4. The highest BCUT2D eigenvalue weighted by atomic mass is 32.2. The van der Waals surface area contributed by atoms with Gasteiger partial charge < -0.3 is 5.11 Å². The van der Waals surface area contributed by atoms with Crippen LogP contribution < -0.4 is 0 Å². The molecule has 0 spiro atoms. The molecule has 0 aromatic heterocycles. The molecule has 0 saturated heterocycles. The smallest absolute Gasteiger partial charge is 0.297 e. The van der Waals surface area contributed by atoms with Gasteiger partial charge in [-0.15, -0.1) is 0 Å². The van der Waals surface area contributed by atoms with E-state index >= 15 is 0 Å². The molecule has 0 amide bonds. The van der Waals surface area contributed by atoms with Crippen molar-refractivity contribution in [3.05, 3.63) is 65.7 Å². The number of hydrogen-bond acceptors (Lipinski definition) is 4. The van der Waals surface area contributed by atoms with Gasteiger partial charge in [-0.3, -0.25) is 4.18 Å². The fourth-order valence-electron chi connectivity index (χ4n) is 2.10. The van der Waals surface area contributed by atoms with Gasteiger partial charge in [-0.05, 0) is 31.0 Å². The molecule has 2 aromatic rings. The second-order valence-corrected chi connectivity index (χ2v) is 6.74. The van der Waals surface area contributed by atoms with E-state index in [9.17, 15) is 13.5 Å². The van der Waals surface area contributed by atoms with Gasteiger partial charge in [0, 0.05) is 0 Å². The molecule has 2 rings (SSSR count). The average molecular weight is 320 g/mol. The van der Waals surface area contributed by atoms with E-state index in [0.717, 1.165) is 5.56 Å². The van der Waals surface area contributed by atoms with Gasteiger partial charge in [0.15, 0.2) is 0 Å². The summed E-state index contributed by atoms with van der Waals surface area (Å²) in [4.78, 5) is 0.0855. The second-order valence-electron chi connectivity index (χ2n) is 5.17. The lowest BCUT2D eigenvalue weighted by Crippen LogP contribution is -2.23. The third-order valence-electron chi connectivity index (χ3n) is 3.44. The fourth-order valence-corrected chi connectivity index (χ4v) is 3.19. The summed E-state index contributed by atoms with van der Waals surface area (Å²) < 4.78 is 30.2. The highest BCUT2D eigenvalue weighted by molar-refractivity contribution is 7.86. The Bertz CT molecular complexity index is 693. The van der Waals surface area contributed by atoms with Gasteiger partial charge in [0.1, 0.15) is 6.10 Å². The lowest BCUT2D eigenvalue weighted by atomic mass is 10.0. The van der Waals surface area contributed by atoms with Gasteiger partial charge in [-0.2, -0.15) is 8.42 Å². The summed E-state index contributed by atoms with van der Waals surface area (Å²) in [5.41, 5.74) is 1.60. The Morgan fingerprint density at radius 2 is 1.64 bits per heavy atom. The third-order valence-corrected chi connectivity index (χ3v) is 4.75. The molecule has 0 heterocycles. The minimum Gasteiger partial charge on any atom is -0.390 e. The minimum atomic E-state index is -3.94. The normalized spacial score (nSPS) is 14.5. The molecule has 1 N–H and O–H groups in total. The number of aryl methyl sites for hydroxylation is 1. The van der Waals surface area contributed by atoms with Crippen LogP contribution in [-0.2, 0) is 14.3 Å². The van der Waals surface area contributed by atoms with Gasteiger partial charge >= 0.3 is 0 Å². The SMILES string of the molecule is CCC(O)C(OS(=O)(=O)c1ccc(C)cc1)c1ccccc1. The molecule has 118 valence electrons. The summed E-state index contributed by atoms with van der Waals surface area (Å²) in [7, 11) is -3.94. The van der Waals surface area contributed by atoms with E-state index in [4.69, 9.17) is 4.18 Å². The van der Waals surface area contributed by atoms with Crippen molar-refractivity contribution in [1.29, 1.82) is 0 Å². The van der Waals surface area contributed by atoms with Crippen molar-refractivity contribution in [3.8, 4) is 0 Å². The van der Waals surface area contributed by atoms with Gasteiger partial charge in [0.2, 0.25) is 0 Å². The van der Waals surface area contributed by atoms with Crippen LogP contribution in [0.4, 0.5) is 0 Å². The summed E-state index contributed by atoms with van der Waals surface area (Å²) in [6, 6.07) is 15.3. The molecule has 0 fully saturated rings. The predicted octanol–water partition coefficient (Wildman–Crippen LogP) is 3.21. The first-order valence-electron chi connectivity index (χ1n) is 7.17. The Labute approximate surface area is 131 Å². The van der Waals surface area contributed by atoms with E-state index in [1.165, 1.54) is 12.1 Å². The van der Waals surface area contributed by atoms with Gasteiger partial charge in [-0.25, -0.2) is 0 Å².